The average molecular weight is 303 g/mol. The molecule has 0 spiro atoms. The zero-order valence-electron chi connectivity index (χ0n) is 9.28. The Hall–Kier alpha value is -0.800. The molecule has 0 saturated carbocycles. The van der Waals surface area contributed by atoms with Crippen LogP contribution in [0.25, 0.3) is 0 Å². The van der Waals surface area contributed by atoms with Gasteiger partial charge in [0.1, 0.15) is 5.15 Å². The highest BCUT2D eigenvalue weighted by molar-refractivity contribution is 6.42. The number of pyridine rings is 1. The number of nitrogens with zero attached hydrogens (tertiary/aromatic N) is 1. The van der Waals surface area contributed by atoms with E-state index < -0.39 is 6.10 Å². The minimum atomic E-state index is -0.646. The summed E-state index contributed by atoms with van der Waals surface area (Å²) in [5, 5.41) is 11.5. The van der Waals surface area contributed by atoms with Gasteiger partial charge in [-0.2, -0.15) is 0 Å². The zero-order chi connectivity index (χ0) is 13.1. The molecular formula is C13H10Cl3NO. The molecule has 0 fully saturated rings. The van der Waals surface area contributed by atoms with E-state index in [1.165, 1.54) is 0 Å². The summed E-state index contributed by atoms with van der Waals surface area (Å²) in [7, 11) is 0. The Morgan fingerprint density at radius 1 is 1.06 bits per heavy atom. The fourth-order valence-electron chi connectivity index (χ4n) is 1.59. The van der Waals surface area contributed by atoms with E-state index in [1.807, 2.05) is 6.07 Å². The van der Waals surface area contributed by atoms with Crippen molar-refractivity contribution < 1.29 is 5.11 Å². The first-order chi connectivity index (χ1) is 8.56. The van der Waals surface area contributed by atoms with Gasteiger partial charge in [-0.1, -0.05) is 46.9 Å². The third-order valence-corrected chi connectivity index (χ3v) is 3.51. The van der Waals surface area contributed by atoms with Gasteiger partial charge in [-0.15, -0.1) is 0 Å². The van der Waals surface area contributed by atoms with Crippen molar-refractivity contribution in [3.63, 3.8) is 0 Å². The summed E-state index contributed by atoms with van der Waals surface area (Å²) >= 11 is 17.4. The maximum absolute atomic E-state index is 10.1. The number of hydrogen-bond donors (Lipinski definition) is 1. The first kappa shape index (κ1) is 13.6. The number of benzene rings is 1. The normalized spacial score (nSPS) is 12.4. The van der Waals surface area contributed by atoms with Crippen LogP contribution in [0.1, 0.15) is 17.2 Å². The second kappa shape index (κ2) is 5.89. The van der Waals surface area contributed by atoms with Gasteiger partial charge >= 0.3 is 0 Å². The van der Waals surface area contributed by atoms with Gasteiger partial charge in [-0.05, 0) is 29.3 Å². The fourth-order valence-corrected chi connectivity index (χ4v) is 2.02. The van der Waals surface area contributed by atoms with E-state index in [-0.39, 0.29) is 0 Å². The Bertz CT molecular complexity index is 542. The number of aliphatic hydroxyl groups is 1. The molecule has 0 aliphatic carbocycles. The molecule has 1 aromatic heterocycles. The highest BCUT2D eigenvalue weighted by Gasteiger charge is 2.10. The van der Waals surface area contributed by atoms with Crippen molar-refractivity contribution >= 4 is 34.8 Å². The molecule has 2 rings (SSSR count). The van der Waals surface area contributed by atoms with Gasteiger partial charge in [0.25, 0.3) is 0 Å². The maximum atomic E-state index is 10.1. The smallest absolute Gasteiger partial charge is 0.129 e. The molecule has 0 amide bonds. The maximum Gasteiger partial charge on any atom is 0.129 e. The standard InChI is InChI=1S/C13H10Cl3NO/c14-10-3-1-8(5-11(10)15)6-12(18)9-2-4-13(16)17-7-9/h1-5,7,12,18H,6H2. The average Bonchev–Trinajstić information content (AvgIpc) is 2.34. The van der Waals surface area contributed by atoms with Crippen LogP contribution >= 0.6 is 34.8 Å². The molecule has 1 atom stereocenters. The van der Waals surface area contributed by atoms with E-state index in [4.69, 9.17) is 34.8 Å². The summed E-state index contributed by atoms with van der Waals surface area (Å²) < 4.78 is 0. The van der Waals surface area contributed by atoms with Crippen molar-refractivity contribution in [2.24, 2.45) is 0 Å². The lowest BCUT2D eigenvalue weighted by molar-refractivity contribution is 0.178. The first-order valence-electron chi connectivity index (χ1n) is 5.29. The molecule has 1 unspecified atom stereocenters. The van der Waals surface area contributed by atoms with Crippen LogP contribution < -0.4 is 0 Å². The zero-order valence-corrected chi connectivity index (χ0v) is 11.5. The van der Waals surface area contributed by atoms with Crippen molar-refractivity contribution in [3.8, 4) is 0 Å². The van der Waals surface area contributed by atoms with E-state index in [9.17, 15) is 5.11 Å². The van der Waals surface area contributed by atoms with E-state index in [0.29, 0.717) is 27.2 Å². The Morgan fingerprint density at radius 3 is 2.44 bits per heavy atom. The molecule has 0 bridgehead atoms. The summed E-state index contributed by atoms with van der Waals surface area (Å²) in [6.45, 7) is 0. The monoisotopic (exact) mass is 301 g/mol. The molecule has 94 valence electrons. The molecule has 2 nitrogen and oxygen atoms in total. The lowest BCUT2D eigenvalue weighted by Crippen LogP contribution is -2.02. The van der Waals surface area contributed by atoms with Crippen LogP contribution in [0.15, 0.2) is 36.5 Å². The van der Waals surface area contributed by atoms with Crippen LogP contribution in [0.3, 0.4) is 0 Å². The van der Waals surface area contributed by atoms with Crippen molar-refractivity contribution in [2.75, 3.05) is 0 Å². The first-order valence-corrected chi connectivity index (χ1v) is 6.43. The number of halogens is 3. The number of rotatable bonds is 3. The second-order valence-electron chi connectivity index (χ2n) is 3.88. The molecule has 1 heterocycles. The van der Waals surface area contributed by atoms with E-state index in [2.05, 4.69) is 4.98 Å². The van der Waals surface area contributed by atoms with Gasteiger partial charge in [-0.25, -0.2) is 4.98 Å². The highest BCUT2D eigenvalue weighted by Crippen LogP contribution is 2.25. The molecular weight excluding hydrogens is 293 g/mol. The van der Waals surface area contributed by atoms with Gasteiger partial charge < -0.3 is 5.11 Å². The lowest BCUT2D eigenvalue weighted by Gasteiger charge is -2.11. The number of hydrogen-bond acceptors (Lipinski definition) is 2. The van der Waals surface area contributed by atoms with Crippen LogP contribution in [0.5, 0.6) is 0 Å². The van der Waals surface area contributed by atoms with Gasteiger partial charge in [-0.3, -0.25) is 0 Å². The number of aliphatic hydroxyl groups excluding tert-OH is 1. The third kappa shape index (κ3) is 3.36. The van der Waals surface area contributed by atoms with Crippen molar-refractivity contribution in [2.45, 2.75) is 12.5 Å². The fraction of sp³-hybridized carbons (Fsp3) is 0.154. The van der Waals surface area contributed by atoms with Crippen molar-refractivity contribution in [3.05, 3.63) is 62.9 Å². The quantitative estimate of drug-likeness (QED) is 0.857. The summed E-state index contributed by atoms with van der Waals surface area (Å²) in [5.74, 6) is 0. The molecule has 1 aromatic carbocycles. The van der Waals surface area contributed by atoms with E-state index >= 15 is 0 Å². The van der Waals surface area contributed by atoms with Crippen LogP contribution in [-0.2, 0) is 6.42 Å². The van der Waals surface area contributed by atoms with Crippen molar-refractivity contribution in [1.82, 2.24) is 4.98 Å². The molecule has 18 heavy (non-hydrogen) atoms. The van der Waals surface area contributed by atoms with Crippen molar-refractivity contribution in [1.29, 1.82) is 0 Å². The Labute approximate surface area is 120 Å². The SMILES string of the molecule is OC(Cc1ccc(Cl)c(Cl)c1)c1ccc(Cl)nc1. The highest BCUT2D eigenvalue weighted by atomic mass is 35.5. The molecule has 0 aliphatic rings. The lowest BCUT2D eigenvalue weighted by atomic mass is 10.0. The predicted octanol–water partition coefficient (Wildman–Crippen LogP) is 4.32. The summed E-state index contributed by atoms with van der Waals surface area (Å²) in [5.41, 5.74) is 1.62. The summed E-state index contributed by atoms with van der Waals surface area (Å²) in [6, 6.07) is 8.69. The molecule has 0 saturated heterocycles. The summed E-state index contributed by atoms with van der Waals surface area (Å²) in [6.07, 6.45) is 1.36. The van der Waals surface area contributed by atoms with Gasteiger partial charge in [0, 0.05) is 12.6 Å². The van der Waals surface area contributed by atoms with Gasteiger partial charge in [0.15, 0.2) is 0 Å². The molecule has 0 radical (unpaired) electrons. The Morgan fingerprint density at radius 2 is 1.83 bits per heavy atom. The van der Waals surface area contributed by atoms with E-state index in [1.54, 1.807) is 30.5 Å². The second-order valence-corrected chi connectivity index (χ2v) is 5.08. The summed E-state index contributed by atoms with van der Waals surface area (Å²) in [4.78, 5) is 3.93. The van der Waals surface area contributed by atoms with E-state index in [0.717, 1.165) is 5.56 Å². The van der Waals surface area contributed by atoms with Crippen LogP contribution in [0.4, 0.5) is 0 Å². The number of aromatic nitrogens is 1. The molecule has 0 aliphatic heterocycles. The Balaban J connectivity index is 2.13. The third-order valence-electron chi connectivity index (χ3n) is 2.55. The predicted molar refractivity (Wildman–Crippen MR) is 74.4 cm³/mol. The Kier molecular flexibility index (Phi) is 4.46. The van der Waals surface area contributed by atoms with Crippen LogP contribution in [-0.4, -0.2) is 10.1 Å². The van der Waals surface area contributed by atoms with Crippen LogP contribution in [0, 0.1) is 0 Å². The molecule has 1 N–H and O–H groups in total. The largest absolute Gasteiger partial charge is 0.388 e. The molecule has 5 heteroatoms. The van der Waals surface area contributed by atoms with Gasteiger partial charge in [0.2, 0.25) is 0 Å². The minimum Gasteiger partial charge on any atom is -0.388 e. The topological polar surface area (TPSA) is 33.1 Å². The minimum absolute atomic E-state index is 0.403. The van der Waals surface area contributed by atoms with Gasteiger partial charge in [0.05, 0.1) is 16.1 Å². The molecule has 2 aromatic rings. The van der Waals surface area contributed by atoms with Crippen LogP contribution in [0.2, 0.25) is 15.2 Å².